The first-order valence-electron chi connectivity index (χ1n) is 13.3. The Kier molecular flexibility index (Phi) is 5.88. The van der Waals surface area contributed by atoms with Crippen LogP contribution in [-0.4, -0.2) is 21.1 Å². The van der Waals surface area contributed by atoms with E-state index in [0.717, 1.165) is 79.6 Å². The number of benzene rings is 4. The summed E-state index contributed by atoms with van der Waals surface area (Å²) in [5, 5.41) is 32.5. The van der Waals surface area contributed by atoms with Crippen molar-refractivity contribution in [3.63, 3.8) is 0 Å². The van der Waals surface area contributed by atoms with Crippen molar-refractivity contribution in [2.45, 2.75) is 52.6 Å². The van der Waals surface area contributed by atoms with Crippen molar-refractivity contribution in [1.82, 2.24) is 0 Å². The van der Waals surface area contributed by atoms with E-state index in [-0.39, 0.29) is 17.5 Å². The molecule has 3 N–H and O–H groups in total. The van der Waals surface area contributed by atoms with Crippen LogP contribution in [0.15, 0.2) is 60.7 Å². The zero-order valence-electron chi connectivity index (χ0n) is 22.0. The van der Waals surface area contributed by atoms with Gasteiger partial charge in [-0.1, -0.05) is 24.3 Å². The Labute approximate surface area is 223 Å². The summed E-state index contributed by atoms with van der Waals surface area (Å²) in [4.78, 5) is 12.3. The number of aryl methyl sites for hydroxylation is 4. The fourth-order valence-corrected chi connectivity index (χ4v) is 6.26. The number of aromatic hydroxyl groups is 2. The Balaban J connectivity index is 1.29. The lowest BCUT2D eigenvalue weighted by molar-refractivity contribution is 0.0994. The normalized spacial score (nSPS) is 18.1. The molecule has 0 aliphatic heterocycles. The molecule has 4 nitrogen and oxygen atoms in total. The van der Waals surface area contributed by atoms with Gasteiger partial charge in [-0.3, -0.25) is 4.79 Å². The number of ketones is 1. The number of carbonyl (C=O) groups is 1. The molecule has 0 amide bonds. The molecule has 4 heteroatoms. The van der Waals surface area contributed by atoms with Gasteiger partial charge in [-0.2, -0.15) is 0 Å². The molecule has 0 aromatic heterocycles. The van der Waals surface area contributed by atoms with Gasteiger partial charge in [0.2, 0.25) is 0 Å². The number of rotatable bonds is 4. The molecule has 0 heterocycles. The average molecular weight is 505 g/mol. The molecule has 2 aliphatic rings. The molecule has 0 saturated heterocycles. The van der Waals surface area contributed by atoms with Crippen molar-refractivity contribution in [1.29, 1.82) is 0 Å². The predicted octanol–water partition coefficient (Wildman–Crippen LogP) is 6.93. The first-order valence-corrected chi connectivity index (χ1v) is 13.3. The molecule has 6 rings (SSSR count). The molecule has 0 fully saturated rings. The van der Waals surface area contributed by atoms with Gasteiger partial charge in [-0.15, -0.1) is 0 Å². The van der Waals surface area contributed by atoms with Gasteiger partial charge in [0.05, 0.1) is 6.10 Å². The van der Waals surface area contributed by atoms with Crippen molar-refractivity contribution in [3.05, 3.63) is 105 Å². The number of hydrogen-bond donors (Lipinski definition) is 3. The molecule has 0 saturated carbocycles. The third kappa shape index (κ3) is 4.10. The molecule has 4 aromatic carbocycles. The minimum absolute atomic E-state index is 0.0503. The highest BCUT2D eigenvalue weighted by Gasteiger charge is 2.32. The van der Waals surface area contributed by atoms with Crippen molar-refractivity contribution < 1.29 is 20.1 Å². The molecule has 38 heavy (non-hydrogen) atoms. The van der Waals surface area contributed by atoms with E-state index in [2.05, 4.69) is 24.3 Å². The van der Waals surface area contributed by atoms with Crippen LogP contribution in [0.1, 0.15) is 61.8 Å². The zero-order chi connectivity index (χ0) is 26.7. The minimum atomic E-state index is -0.634. The monoisotopic (exact) mass is 504 g/mol. The third-order valence-corrected chi connectivity index (χ3v) is 8.44. The van der Waals surface area contributed by atoms with Crippen LogP contribution in [0, 0.1) is 26.7 Å². The Morgan fingerprint density at radius 1 is 0.711 bits per heavy atom. The van der Waals surface area contributed by atoms with E-state index in [1.54, 1.807) is 0 Å². The number of hydrogen-bond acceptors (Lipinski definition) is 4. The van der Waals surface area contributed by atoms with Crippen molar-refractivity contribution in [3.8, 4) is 33.8 Å². The summed E-state index contributed by atoms with van der Waals surface area (Å²) >= 11 is 0. The van der Waals surface area contributed by atoms with Gasteiger partial charge in [0.25, 0.3) is 0 Å². The highest BCUT2D eigenvalue weighted by molar-refractivity contribution is 6.01. The summed E-state index contributed by atoms with van der Waals surface area (Å²) in [6.07, 6.45) is 2.03. The number of aliphatic hydroxyl groups excluding tert-OH is 1. The summed E-state index contributed by atoms with van der Waals surface area (Å²) in [5.74, 6) is 0.732. The predicted molar refractivity (Wildman–Crippen MR) is 150 cm³/mol. The molecular formula is C34H32O4. The van der Waals surface area contributed by atoms with Crippen molar-refractivity contribution >= 4 is 5.78 Å². The highest BCUT2D eigenvalue weighted by atomic mass is 16.3. The molecule has 4 aromatic rings. The minimum Gasteiger partial charge on any atom is -0.507 e. The SMILES string of the molecule is Cc1cc(-c2ccc3c(c2)C(O)C(Cc2cc(-c4ccc5c(c4)C(=O)CC5)cc(C)c2O)C3)cc(C)c1O. The van der Waals surface area contributed by atoms with E-state index >= 15 is 0 Å². The van der Waals surface area contributed by atoms with E-state index in [1.807, 2.05) is 57.2 Å². The van der Waals surface area contributed by atoms with Crippen LogP contribution in [0.2, 0.25) is 0 Å². The Hall–Kier alpha value is -3.89. The highest BCUT2D eigenvalue weighted by Crippen LogP contribution is 2.42. The van der Waals surface area contributed by atoms with Crippen molar-refractivity contribution in [2.75, 3.05) is 0 Å². The second-order valence-electron chi connectivity index (χ2n) is 11.1. The van der Waals surface area contributed by atoms with Gasteiger partial charge < -0.3 is 15.3 Å². The number of fused-ring (bicyclic) bond motifs is 2. The number of Topliss-reactive ketones (excluding diaryl/α,β-unsaturated/α-hetero) is 1. The van der Waals surface area contributed by atoms with Gasteiger partial charge in [-0.25, -0.2) is 0 Å². The van der Waals surface area contributed by atoms with Crippen LogP contribution >= 0.6 is 0 Å². The van der Waals surface area contributed by atoms with E-state index in [0.29, 0.717) is 18.6 Å². The van der Waals surface area contributed by atoms with Gasteiger partial charge >= 0.3 is 0 Å². The molecular weight excluding hydrogens is 472 g/mol. The Morgan fingerprint density at radius 3 is 2.03 bits per heavy atom. The van der Waals surface area contributed by atoms with E-state index in [1.165, 1.54) is 0 Å². The van der Waals surface area contributed by atoms with Crippen LogP contribution < -0.4 is 0 Å². The zero-order valence-corrected chi connectivity index (χ0v) is 22.0. The Bertz CT molecular complexity index is 1590. The maximum atomic E-state index is 12.3. The Morgan fingerprint density at radius 2 is 1.32 bits per heavy atom. The lowest BCUT2D eigenvalue weighted by atomic mass is 9.90. The van der Waals surface area contributed by atoms with Crippen LogP contribution in [0.5, 0.6) is 11.5 Å². The number of phenols is 2. The van der Waals surface area contributed by atoms with E-state index in [9.17, 15) is 20.1 Å². The summed E-state index contributed by atoms with van der Waals surface area (Å²) in [6, 6.07) is 20.2. The summed E-state index contributed by atoms with van der Waals surface area (Å²) < 4.78 is 0. The first-order chi connectivity index (χ1) is 18.2. The molecule has 0 radical (unpaired) electrons. The fraction of sp³-hybridized carbons (Fsp3) is 0.265. The van der Waals surface area contributed by atoms with Gasteiger partial charge in [-0.05, 0) is 144 Å². The van der Waals surface area contributed by atoms with E-state index < -0.39 is 6.10 Å². The van der Waals surface area contributed by atoms with Crippen molar-refractivity contribution in [2.24, 2.45) is 5.92 Å². The smallest absolute Gasteiger partial charge is 0.163 e. The first kappa shape index (κ1) is 24.4. The van der Waals surface area contributed by atoms with Crippen LogP contribution in [0.25, 0.3) is 22.3 Å². The molecule has 0 spiro atoms. The molecule has 2 aliphatic carbocycles. The maximum absolute atomic E-state index is 12.3. The number of phenolic OH excluding ortho intramolecular Hbond substituents is 2. The maximum Gasteiger partial charge on any atom is 0.163 e. The van der Waals surface area contributed by atoms with E-state index in [4.69, 9.17) is 0 Å². The third-order valence-electron chi connectivity index (χ3n) is 8.44. The number of carbonyl (C=O) groups excluding carboxylic acids is 1. The molecule has 0 bridgehead atoms. The second kappa shape index (κ2) is 9.14. The topological polar surface area (TPSA) is 77.8 Å². The lowest BCUT2D eigenvalue weighted by Gasteiger charge is -2.18. The second-order valence-corrected chi connectivity index (χ2v) is 11.1. The summed E-state index contributed by atoms with van der Waals surface area (Å²) in [7, 11) is 0. The standard InChI is InChI=1S/C34H32O4/c1-18-10-25(11-19(2)32(18)36)23-6-7-24-13-28(34(38)30(24)17-23)15-27-14-26(12-20(3)33(27)37)22-5-4-21-8-9-31(35)29(21)16-22/h4-7,10-12,14,16-17,28,34,36-38H,8-9,13,15H2,1-3H3. The van der Waals surface area contributed by atoms with Crippen LogP contribution in [0.4, 0.5) is 0 Å². The quantitative estimate of drug-likeness (QED) is 0.281. The number of aliphatic hydroxyl groups is 1. The largest absolute Gasteiger partial charge is 0.507 e. The lowest BCUT2D eigenvalue weighted by Crippen LogP contribution is -2.11. The van der Waals surface area contributed by atoms with Gasteiger partial charge in [0, 0.05) is 12.0 Å². The summed E-state index contributed by atoms with van der Waals surface area (Å²) in [6.45, 7) is 5.69. The summed E-state index contributed by atoms with van der Waals surface area (Å²) in [5.41, 5.74) is 11.2. The van der Waals surface area contributed by atoms with Gasteiger partial charge in [0.1, 0.15) is 11.5 Å². The molecule has 2 atom stereocenters. The van der Waals surface area contributed by atoms with Crippen LogP contribution in [0.3, 0.4) is 0 Å². The fourth-order valence-electron chi connectivity index (χ4n) is 6.26. The average Bonchev–Trinajstić information content (AvgIpc) is 3.43. The van der Waals surface area contributed by atoms with Gasteiger partial charge in [0.15, 0.2) is 5.78 Å². The molecule has 192 valence electrons. The van der Waals surface area contributed by atoms with Crippen LogP contribution in [-0.2, 0) is 19.3 Å². The molecule has 2 unspecified atom stereocenters.